The Bertz CT molecular complexity index is 888. The molecule has 2 N–H and O–H groups in total. The summed E-state index contributed by atoms with van der Waals surface area (Å²) in [7, 11) is 0. The molecular formula is C19H16ClFN4O. The molecule has 2 heterocycles. The van der Waals surface area contributed by atoms with Crippen molar-refractivity contribution in [3.63, 3.8) is 0 Å². The van der Waals surface area contributed by atoms with Crippen LogP contribution in [0.15, 0.2) is 61.1 Å². The molecule has 0 radical (unpaired) electrons. The molecule has 0 spiro atoms. The number of halogens is 2. The highest BCUT2D eigenvalue weighted by Crippen LogP contribution is 2.17. The number of nitrogens with one attached hydrogen (secondary N) is 2. The summed E-state index contributed by atoms with van der Waals surface area (Å²) in [5.74, 6) is -0.905. The molecular weight excluding hydrogens is 355 g/mol. The number of hydrogen-bond acceptors (Lipinski definition) is 4. The first-order chi connectivity index (χ1) is 12.6. The van der Waals surface area contributed by atoms with E-state index in [1.807, 2.05) is 12.1 Å². The number of aromatic nitrogens is 2. The van der Waals surface area contributed by atoms with Crippen molar-refractivity contribution in [1.29, 1.82) is 0 Å². The molecule has 1 aromatic carbocycles. The maximum Gasteiger partial charge on any atom is 0.255 e. The zero-order chi connectivity index (χ0) is 18.4. The topological polar surface area (TPSA) is 66.9 Å². The van der Waals surface area contributed by atoms with Crippen molar-refractivity contribution in [2.45, 2.75) is 6.42 Å². The third-order valence-electron chi connectivity index (χ3n) is 3.70. The van der Waals surface area contributed by atoms with Crippen LogP contribution in [0.4, 0.5) is 15.8 Å². The molecule has 3 aromatic rings. The average molecular weight is 371 g/mol. The summed E-state index contributed by atoms with van der Waals surface area (Å²) in [5.41, 5.74) is 2.17. The maximum atomic E-state index is 14.2. The van der Waals surface area contributed by atoms with Crippen LogP contribution in [0.5, 0.6) is 0 Å². The van der Waals surface area contributed by atoms with Crippen molar-refractivity contribution >= 4 is 28.9 Å². The second kappa shape index (κ2) is 8.40. The van der Waals surface area contributed by atoms with E-state index in [0.29, 0.717) is 23.1 Å². The summed E-state index contributed by atoms with van der Waals surface area (Å²) in [5, 5.41) is 6.01. The molecule has 2 aromatic heterocycles. The first-order valence-electron chi connectivity index (χ1n) is 7.97. The number of pyridine rings is 2. The normalized spacial score (nSPS) is 10.4. The molecule has 7 heteroatoms. The van der Waals surface area contributed by atoms with E-state index in [1.54, 1.807) is 36.7 Å². The lowest BCUT2D eigenvalue weighted by Crippen LogP contribution is -2.13. The fourth-order valence-electron chi connectivity index (χ4n) is 2.34. The second-order valence-electron chi connectivity index (χ2n) is 5.55. The molecule has 0 aliphatic heterocycles. The quantitative estimate of drug-likeness (QED) is 0.639. The fourth-order valence-corrected chi connectivity index (χ4v) is 2.46. The molecule has 0 unspecified atom stereocenters. The number of carbonyl (C=O) groups excluding carboxylic acids is 1. The summed E-state index contributed by atoms with van der Waals surface area (Å²) in [6, 6.07) is 11.3. The van der Waals surface area contributed by atoms with Gasteiger partial charge in [-0.25, -0.2) is 9.37 Å². The summed E-state index contributed by atoms with van der Waals surface area (Å²) in [6.45, 7) is 0.572. The van der Waals surface area contributed by atoms with Gasteiger partial charge in [-0.1, -0.05) is 11.6 Å². The molecule has 0 aliphatic rings. The van der Waals surface area contributed by atoms with Gasteiger partial charge in [0.15, 0.2) is 0 Å². The van der Waals surface area contributed by atoms with Crippen molar-refractivity contribution in [2.24, 2.45) is 0 Å². The van der Waals surface area contributed by atoms with E-state index < -0.39 is 11.7 Å². The van der Waals surface area contributed by atoms with Gasteiger partial charge in [0.25, 0.3) is 5.91 Å². The number of nitrogens with zero attached hydrogens (tertiary/aromatic N) is 2. The van der Waals surface area contributed by atoms with Gasteiger partial charge in [0.1, 0.15) is 11.0 Å². The van der Waals surface area contributed by atoms with Gasteiger partial charge in [-0.15, -0.1) is 0 Å². The molecule has 3 rings (SSSR count). The van der Waals surface area contributed by atoms with Crippen LogP contribution in [0.3, 0.4) is 0 Å². The molecule has 0 bridgehead atoms. The van der Waals surface area contributed by atoms with Crippen LogP contribution in [-0.4, -0.2) is 22.4 Å². The average Bonchev–Trinajstić information content (AvgIpc) is 2.65. The Balaban J connectivity index is 1.59. The molecule has 0 saturated carbocycles. The highest BCUT2D eigenvalue weighted by molar-refractivity contribution is 6.29. The van der Waals surface area contributed by atoms with Gasteiger partial charge in [-0.2, -0.15) is 0 Å². The Morgan fingerprint density at radius 3 is 2.62 bits per heavy atom. The lowest BCUT2D eigenvalue weighted by molar-refractivity contribution is 0.102. The zero-order valence-corrected chi connectivity index (χ0v) is 14.5. The SMILES string of the molecule is O=C(Nc1ccc(Cl)nc1)c1ccc(NCCc2ccncc2)c(F)c1. The van der Waals surface area contributed by atoms with E-state index in [9.17, 15) is 9.18 Å². The Kier molecular flexibility index (Phi) is 5.76. The first-order valence-corrected chi connectivity index (χ1v) is 8.35. The lowest BCUT2D eigenvalue weighted by atomic mass is 10.1. The monoisotopic (exact) mass is 370 g/mol. The number of benzene rings is 1. The molecule has 0 aliphatic carbocycles. The van der Waals surface area contributed by atoms with Crippen LogP contribution >= 0.6 is 11.6 Å². The Hall–Kier alpha value is -2.99. The molecule has 0 atom stereocenters. The fraction of sp³-hybridized carbons (Fsp3) is 0.105. The summed E-state index contributed by atoms with van der Waals surface area (Å²) >= 11 is 5.70. The van der Waals surface area contributed by atoms with Crippen LogP contribution in [0.1, 0.15) is 15.9 Å². The van der Waals surface area contributed by atoms with E-state index in [1.165, 1.54) is 12.3 Å². The van der Waals surface area contributed by atoms with E-state index in [4.69, 9.17) is 11.6 Å². The van der Waals surface area contributed by atoms with Crippen molar-refractivity contribution in [1.82, 2.24) is 9.97 Å². The predicted molar refractivity (Wildman–Crippen MR) is 100 cm³/mol. The predicted octanol–water partition coefficient (Wildman–Crippen LogP) is 4.18. The van der Waals surface area contributed by atoms with Crippen molar-refractivity contribution < 1.29 is 9.18 Å². The van der Waals surface area contributed by atoms with Gasteiger partial charge in [-0.05, 0) is 54.4 Å². The molecule has 0 fully saturated rings. The number of anilines is 2. The second-order valence-corrected chi connectivity index (χ2v) is 5.94. The van der Waals surface area contributed by atoms with Crippen molar-refractivity contribution in [3.8, 4) is 0 Å². The van der Waals surface area contributed by atoms with E-state index in [2.05, 4.69) is 20.6 Å². The standard InChI is InChI=1S/C19H16ClFN4O/c20-18-4-2-15(12-24-18)25-19(26)14-1-3-17(16(21)11-14)23-10-7-13-5-8-22-9-6-13/h1-6,8-9,11-12,23H,7,10H2,(H,25,26). The Morgan fingerprint density at radius 2 is 1.92 bits per heavy atom. The van der Waals surface area contributed by atoms with Crippen LogP contribution in [0.2, 0.25) is 5.15 Å². The first kappa shape index (κ1) is 17.8. The van der Waals surface area contributed by atoms with Crippen molar-refractivity contribution in [2.75, 3.05) is 17.2 Å². The minimum absolute atomic E-state index is 0.220. The third kappa shape index (κ3) is 4.77. The van der Waals surface area contributed by atoms with Crippen LogP contribution < -0.4 is 10.6 Å². The van der Waals surface area contributed by atoms with Gasteiger partial charge in [0, 0.05) is 24.5 Å². The lowest BCUT2D eigenvalue weighted by Gasteiger charge is -2.10. The highest BCUT2D eigenvalue weighted by atomic mass is 35.5. The molecule has 0 saturated heterocycles. The van der Waals surface area contributed by atoms with Crippen LogP contribution in [0.25, 0.3) is 0 Å². The van der Waals surface area contributed by atoms with Crippen LogP contribution in [-0.2, 0) is 6.42 Å². The summed E-state index contributed by atoms with van der Waals surface area (Å²) in [6.07, 6.45) is 5.62. The smallest absolute Gasteiger partial charge is 0.255 e. The molecule has 26 heavy (non-hydrogen) atoms. The van der Waals surface area contributed by atoms with E-state index in [0.717, 1.165) is 12.0 Å². The molecule has 132 valence electrons. The van der Waals surface area contributed by atoms with Gasteiger partial charge in [-0.3, -0.25) is 9.78 Å². The van der Waals surface area contributed by atoms with E-state index >= 15 is 0 Å². The minimum Gasteiger partial charge on any atom is -0.382 e. The number of carbonyl (C=O) groups is 1. The Labute approximate surface area is 155 Å². The maximum absolute atomic E-state index is 14.2. The van der Waals surface area contributed by atoms with Gasteiger partial charge >= 0.3 is 0 Å². The number of amides is 1. The zero-order valence-electron chi connectivity index (χ0n) is 13.7. The summed E-state index contributed by atoms with van der Waals surface area (Å²) < 4.78 is 14.2. The Morgan fingerprint density at radius 1 is 1.12 bits per heavy atom. The van der Waals surface area contributed by atoms with E-state index in [-0.39, 0.29) is 5.56 Å². The molecule has 5 nitrogen and oxygen atoms in total. The van der Waals surface area contributed by atoms with Crippen molar-refractivity contribution in [3.05, 3.63) is 83.2 Å². The van der Waals surface area contributed by atoms with Gasteiger partial charge < -0.3 is 10.6 Å². The van der Waals surface area contributed by atoms with Gasteiger partial charge in [0.2, 0.25) is 0 Å². The largest absolute Gasteiger partial charge is 0.382 e. The van der Waals surface area contributed by atoms with Gasteiger partial charge in [0.05, 0.1) is 17.6 Å². The minimum atomic E-state index is -0.485. The number of hydrogen-bond donors (Lipinski definition) is 2. The molecule has 1 amide bonds. The summed E-state index contributed by atoms with van der Waals surface area (Å²) in [4.78, 5) is 20.0. The van der Waals surface area contributed by atoms with Crippen LogP contribution in [0, 0.1) is 5.82 Å². The number of rotatable bonds is 6. The highest BCUT2D eigenvalue weighted by Gasteiger charge is 2.10. The third-order valence-corrected chi connectivity index (χ3v) is 3.92.